The topological polar surface area (TPSA) is 13.1 Å². The Balaban J connectivity index is 2.47. The molecule has 1 nitrogen and oxygen atoms in total. The molecule has 4 heteroatoms. The van der Waals surface area contributed by atoms with Crippen molar-refractivity contribution in [1.82, 2.24) is 0 Å². The summed E-state index contributed by atoms with van der Waals surface area (Å²) in [5, 5.41) is 0.758. The molecule has 0 fully saturated rings. The molecule has 0 spiro atoms. The summed E-state index contributed by atoms with van der Waals surface area (Å²) in [6.07, 6.45) is 0. The second-order valence-corrected chi connectivity index (χ2v) is 5.54. The molecule has 0 N–H and O–H groups in total. The summed E-state index contributed by atoms with van der Waals surface area (Å²) in [5.41, 5.74) is 3.00. The molecular formula is C14H13Cl3O. The first-order valence-corrected chi connectivity index (χ1v) is 6.76. The van der Waals surface area contributed by atoms with Crippen LogP contribution in [0, 0.1) is 20.8 Å². The van der Waals surface area contributed by atoms with Crippen LogP contribution in [0.3, 0.4) is 0 Å². The van der Waals surface area contributed by atoms with Gasteiger partial charge in [0, 0.05) is 5.56 Å². The van der Waals surface area contributed by atoms with Crippen molar-refractivity contribution < 1.29 is 4.42 Å². The summed E-state index contributed by atoms with van der Waals surface area (Å²) in [7, 11) is 0. The van der Waals surface area contributed by atoms with E-state index < -0.39 is 0 Å². The molecule has 0 saturated carbocycles. The Hall–Kier alpha value is -0.630. The smallest absolute Gasteiger partial charge is 0.106 e. The van der Waals surface area contributed by atoms with Gasteiger partial charge in [-0.3, -0.25) is 0 Å². The quantitative estimate of drug-likeness (QED) is 0.635. The van der Waals surface area contributed by atoms with Crippen LogP contribution in [0.4, 0.5) is 0 Å². The third-order valence-electron chi connectivity index (χ3n) is 3.11. The van der Waals surface area contributed by atoms with E-state index in [0.717, 1.165) is 28.2 Å². The van der Waals surface area contributed by atoms with Crippen LogP contribution < -0.4 is 0 Å². The van der Waals surface area contributed by atoms with Gasteiger partial charge in [-0.1, -0.05) is 29.3 Å². The van der Waals surface area contributed by atoms with Gasteiger partial charge >= 0.3 is 0 Å². The molecule has 18 heavy (non-hydrogen) atoms. The second-order valence-electron chi connectivity index (χ2n) is 4.29. The largest absolute Gasteiger partial charge is 0.466 e. The number of furan rings is 1. The average Bonchev–Trinajstić information content (AvgIpc) is 2.56. The number of rotatable bonds is 2. The molecule has 0 aliphatic carbocycles. The number of halogens is 3. The monoisotopic (exact) mass is 302 g/mol. The van der Waals surface area contributed by atoms with Crippen LogP contribution in [-0.4, -0.2) is 0 Å². The van der Waals surface area contributed by atoms with Crippen molar-refractivity contribution in [1.29, 1.82) is 0 Å². The maximum absolute atomic E-state index is 6.52. The molecule has 1 unspecified atom stereocenters. The lowest BCUT2D eigenvalue weighted by Gasteiger charge is -2.11. The zero-order valence-corrected chi connectivity index (χ0v) is 12.6. The predicted molar refractivity (Wildman–Crippen MR) is 77.1 cm³/mol. The molecule has 1 heterocycles. The van der Waals surface area contributed by atoms with Gasteiger partial charge in [0.1, 0.15) is 11.5 Å². The van der Waals surface area contributed by atoms with E-state index in [1.807, 2.05) is 26.8 Å². The fraction of sp³-hybridized carbons (Fsp3) is 0.286. The van der Waals surface area contributed by atoms with E-state index in [0.29, 0.717) is 10.0 Å². The second kappa shape index (κ2) is 5.16. The van der Waals surface area contributed by atoms with Crippen LogP contribution in [0.5, 0.6) is 0 Å². The summed E-state index contributed by atoms with van der Waals surface area (Å²) >= 11 is 18.4. The van der Waals surface area contributed by atoms with E-state index in [1.165, 1.54) is 0 Å². The molecule has 2 rings (SSSR count). The molecule has 0 saturated heterocycles. The van der Waals surface area contributed by atoms with Crippen LogP contribution in [0.15, 0.2) is 22.6 Å². The van der Waals surface area contributed by atoms with Crippen LogP contribution >= 0.6 is 34.8 Å². The maximum atomic E-state index is 6.52. The summed E-state index contributed by atoms with van der Waals surface area (Å²) in [5.74, 6) is 1.74. The Morgan fingerprint density at radius 3 is 2.17 bits per heavy atom. The highest BCUT2D eigenvalue weighted by atomic mass is 35.5. The van der Waals surface area contributed by atoms with Gasteiger partial charge in [-0.25, -0.2) is 0 Å². The molecular weight excluding hydrogens is 291 g/mol. The van der Waals surface area contributed by atoms with E-state index in [2.05, 4.69) is 0 Å². The number of alkyl halides is 1. The van der Waals surface area contributed by atoms with Gasteiger partial charge in [0.2, 0.25) is 0 Å². The molecule has 1 aromatic heterocycles. The minimum absolute atomic E-state index is 0.280. The van der Waals surface area contributed by atoms with E-state index in [9.17, 15) is 0 Å². The zero-order valence-electron chi connectivity index (χ0n) is 10.4. The lowest BCUT2D eigenvalue weighted by molar-refractivity contribution is 0.500. The van der Waals surface area contributed by atoms with Crippen LogP contribution in [0.2, 0.25) is 10.0 Å². The normalized spacial score (nSPS) is 12.8. The van der Waals surface area contributed by atoms with Crippen molar-refractivity contribution in [3.05, 3.63) is 56.5 Å². The van der Waals surface area contributed by atoms with Crippen molar-refractivity contribution >= 4 is 34.8 Å². The van der Waals surface area contributed by atoms with Gasteiger partial charge in [-0.15, -0.1) is 11.6 Å². The fourth-order valence-corrected chi connectivity index (χ4v) is 2.78. The molecule has 1 atom stereocenters. The number of benzene rings is 1. The Morgan fingerprint density at radius 1 is 1.00 bits per heavy atom. The summed E-state index contributed by atoms with van der Waals surface area (Å²) in [4.78, 5) is 0. The standard InChI is InChI=1S/C14H13Cl3O/c1-7-8(2)18-9(3)13(7)14(17)10-4-5-11(15)12(16)6-10/h4-6,14H,1-3H3. The van der Waals surface area contributed by atoms with E-state index in [-0.39, 0.29) is 5.38 Å². The molecule has 0 aliphatic rings. The van der Waals surface area contributed by atoms with Crippen molar-refractivity contribution in [2.24, 2.45) is 0 Å². The predicted octanol–water partition coefficient (Wildman–Crippen LogP) is 5.84. The molecule has 1 aromatic carbocycles. The first-order chi connectivity index (χ1) is 8.41. The van der Waals surface area contributed by atoms with Gasteiger partial charge in [0.05, 0.1) is 15.4 Å². The molecule has 0 bridgehead atoms. The van der Waals surface area contributed by atoms with Crippen molar-refractivity contribution in [2.75, 3.05) is 0 Å². The van der Waals surface area contributed by atoms with Crippen molar-refractivity contribution in [3.8, 4) is 0 Å². The Labute approximate surface area is 122 Å². The third-order valence-corrected chi connectivity index (χ3v) is 4.32. The minimum Gasteiger partial charge on any atom is -0.466 e. The van der Waals surface area contributed by atoms with Crippen molar-refractivity contribution in [3.63, 3.8) is 0 Å². The lowest BCUT2D eigenvalue weighted by atomic mass is 10.0. The molecule has 96 valence electrons. The average molecular weight is 304 g/mol. The van der Waals surface area contributed by atoms with Gasteiger partial charge in [-0.05, 0) is 44.0 Å². The van der Waals surface area contributed by atoms with Crippen LogP contribution in [0.1, 0.15) is 33.6 Å². The number of hydrogen-bond donors (Lipinski definition) is 0. The molecule has 2 aromatic rings. The van der Waals surface area contributed by atoms with E-state index >= 15 is 0 Å². The molecule has 0 aliphatic heterocycles. The Kier molecular flexibility index (Phi) is 3.96. The van der Waals surface area contributed by atoms with Gasteiger partial charge < -0.3 is 4.42 Å². The van der Waals surface area contributed by atoms with Gasteiger partial charge in [0.15, 0.2) is 0 Å². The Morgan fingerprint density at radius 2 is 1.67 bits per heavy atom. The highest BCUT2D eigenvalue weighted by Crippen LogP contribution is 2.37. The van der Waals surface area contributed by atoms with Crippen molar-refractivity contribution in [2.45, 2.75) is 26.1 Å². The zero-order chi connectivity index (χ0) is 13.4. The SMILES string of the molecule is Cc1oc(C)c(C(Cl)c2ccc(Cl)c(Cl)c2)c1C. The molecule has 0 amide bonds. The lowest BCUT2D eigenvalue weighted by Crippen LogP contribution is -1.96. The van der Waals surface area contributed by atoms with Crippen LogP contribution in [-0.2, 0) is 0 Å². The van der Waals surface area contributed by atoms with E-state index in [4.69, 9.17) is 39.2 Å². The van der Waals surface area contributed by atoms with Gasteiger partial charge in [-0.2, -0.15) is 0 Å². The number of aryl methyl sites for hydroxylation is 2. The highest BCUT2D eigenvalue weighted by molar-refractivity contribution is 6.42. The fourth-order valence-electron chi connectivity index (χ4n) is 2.02. The minimum atomic E-state index is -0.280. The van der Waals surface area contributed by atoms with Crippen LogP contribution in [0.25, 0.3) is 0 Å². The summed E-state index contributed by atoms with van der Waals surface area (Å²) in [6.45, 7) is 5.86. The maximum Gasteiger partial charge on any atom is 0.106 e. The summed E-state index contributed by atoms with van der Waals surface area (Å²) < 4.78 is 5.60. The Bertz CT molecular complexity index is 587. The number of hydrogen-bond acceptors (Lipinski definition) is 1. The third kappa shape index (κ3) is 2.40. The first kappa shape index (κ1) is 13.8. The van der Waals surface area contributed by atoms with E-state index in [1.54, 1.807) is 12.1 Å². The highest BCUT2D eigenvalue weighted by Gasteiger charge is 2.21. The molecule has 0 radical (unpaired) electrons. The van der Waals surface area contributed by atoms with Gasteiger partial charge in [0.25, 0.3) is 0 Å². The first-order valence-electron chi connectivity index (χ1n) is 5.57. The summed E-state index contributed by atoms with van der Waals surface area (Å²) in [6, 6.07) is 5.43.